The first-order chi connectivity index (χ1) is 13.8. The highest BCUT2D eigenvalue weighted by Gasteiger charge is 2.22. The molecule has 29 heavy (non-hydrogen) atoms. The molecule has 0 saturated carbocycles. The van der Waals surface area contributed by atoms with Gasteiger partial charge in [-0.25, -0.2) is 0 Å². The molecule has 0 bridgehead atoms. The van der Waals surface area contributed by atoms with Crippen LogP contribution in [0.4, 0.5) is 0 Å². The number of rotatable bonds is 11. The summed E-state index contributed by atoms with van der Waals surface area (Å²) in [7, 11) is 0. The van der Waals surface area contributed by atoms with E-state index >= 15 is 0 Å². The lowest BCUT2D eigenvalue weighted by molar-refractivity contribution is -0.128. The molecule has 5 heteroatoms. The summed E-state index contributed by atoms with van der Waals surface area (Å²) in [4.78, 5) is 17.1. The van der Waals surface area contributed by atoms with Gasteiger partial charge in [-0.1, -0.05) is 39.2 Å². The zero-order chi connectivity index (χ0) is 21.8. The van der Waals surface area contributed by atoms with E-state index in [2.05, 4.69) is 29.5 Å². The van der Waals surface area contributed by atoms with Gasteiger partial charge in [-0.05, 0) is 61.6 Å². The Hall–Kier alpha value is -3.13. The average molecular weight is 394 g/mol. The molecule has 1 aromatic rings. The molecular weight excluding hydrogens is 362 g/mol. The van der Waals surface area contributed by atoms with Crippen LogP contribution in [0.15, 0.2) is 54.1 Å². The van der Waals surface area contributed by atoms with Gasteiger partial charge in [0.25, 0.3) is 5.91 Å². The Morgan fingerprint density at radius 1 is 1.41 bits per heavy atom. The van der Waals surface area contributed by atoms with Crippen LogP contribution in [0.1, 0.15) is 45.2 Å². The monoisotopic (exact) mass is 393 g/mol. The second-order valence-corrected chi connectivity index (χ2v) is 7.23. The van der Waals surface area contributed by atoms with Crippen LogP contribution in [0.5, 0.6) is 5.75 Å². The molecule has 0 aromatic heterocycles. The standard InChI is InChI=1S/C24H31N3O2/c1-7-9-19(6)26-15-18(5)16-27-24(28)23(12-17(3)4)29-22-11-10-21(14-25)20(8-2)13-22/h7-11,13,17,23H,2,5,12,15-16H2,1,3-4,6H3,(H,27,28)/b9-7-,26-19?. The van der Waals surface area contributed by atoms with Crippen LogP contribution in [0.3, 0.4) is 0 Å². The molecular formula is C24H31N3O2. The number of allylic oxidation sites excluding steroid dienone is 2. The summed E-state index contributed by atoms with van der Waals surface area (Å²) in [5.41, 5.74) is 2.93. The average Bonchev–Trinajstić information content (AvgIpc) is 2.69. The van der Waals surface area contributed by atoms with Gasteiger partial charge in [-0.2, -0.15) is 5.26 Å². The molecule has 1 amide bonds. The summed E-state index contributed by atoms with van der Waals surface area (Å²) in [6.07, 6.45) is 5.39. The molecule has 0 spiro atoms. The van der Waals surface area contributed by atoms with Gasteiger partial charge < -0.3 is 10.1 Å². The van der Waals surface area contributed by atoms with Crippen molar-refractivity contribution in [3.05, 3.63) is 60.2 Å². The van der Waals surface area contributed by atoms with E-state index in [0.717, 1.165) is 11.3 Å². The van der Waals surface area contributed by atoms with E-state index in [9.17, 15) is 4.79 Å². The van der Waals surface area contributed by atoms with E-state index < -0.39 is 6.10 Å². The molecule has 0 saturated heterocycles. The molecule has 5 nitrogen and oxygen atoms in total. The number of hydrogen-bond donors (Lipinski definition) is 1. The zero-order valence-electron chi connectivity index (χ0n) is 17.9. The molecule has 1 unspecified atom stereocenters. The molecule has 0 fully saturated rings. The normalized spacial score (nSPS) is 12.5. The fourth-order valence-electron chi connectivity index (χ4n) is 2.60. The number of ether oxygens (including phenoxy) is 1. The van der Waals surface area contributed by atoms with Crippen molar-refractivity contribution in [3.63, 3.8) is 0 Å². The number of nitrogens with zero attached hydrogens (tertiary/aromatic N) is 2. The van der Waals surface area contributed by atoms with E-state index in [1.807, 2.05) is 39.8 Å². The lowest BCUT2D eigenvalue weighted by Crippen LogP contribution is -2.40. The summed E-state index contributed by atoms with van der Waals surface area (Å²) in [6, 6.07) is 7.21. The molecule has 1 N–H and O–H groups in total. The molecule has 0 heterocycles. The van der Waals surface area contributed by atoms with Crippen molar-refractivity contribution in [1.29, 1.82) is 5.26 Å². The summed E-state index contributed by atoms with van der Waals surface area (Å²) < 4.78 is 5.96. The third-order valence-corrected chi connectivity index (χ3v) is 4.09. The Morgan fingerprint density at radius 2 is 2.14 bits per heavy atom. The van der Waals surface area contributed by atoms with E-state index in [4.69, 9.17) is 10.00 Å². The lowest BCUT2D eigenvalue weighted by atomic mass is 10.0. The van der Waals surface area contributed by atoms with Crippen LogP contribution < -0.4 is 10.1 Å². The van der Waals surface area contributed by atoms with E-state index in [1.54, 1.807) is 24.3 Å². The van der Waals surface area contributed by atoms with Crippen molar-refractivity contribution < 1.29 is 9.53 Å². The van der Waals surface area contributed by atoms with Crippen LogP contribution in [-0.2, 0) is 4.79 Å². The van der Waals surface area contributed by atoms with Gasteiger partial charge in [0.05, 0.1) is 18.2 Å². The maximum atomic E-state index is 12.7. The molecule has 0 aliphatic heterocycles. The van der Waals surface area contributed by atoms with Gasteiger partial charge >= 0.3 is 0 Å². The predicted octanol–water partition coefficient (Wildman–Crippen LogP) is 4.70. The van der Waals surface area contributed by atoms with E-state index in [-0.39, 0.29) is 11.8 Å². The van der Waals surface area contributed by atoms with Crippen molar-refractivity contribution in [1.82, 2.24) is 5.32 Å². The summed E-state index contributed by atoms with van der Waals surface area (Å²) >= 11 is 0. The van der Waals surface area contributed by atoms with Crippen molar-refractivity contribution in [2.45, 2.75) is 40.2 Å². The lowest BCUT2D eigenvalue weighted by Gasteiger charge is -2.21. The fourth-order valence-corrected chi connectivity index (χ4v) is 2.60. The minimum absolute atomic E-state index is 0.196. The second-order valence-electron chi connectivity index (χ2n) is 7.23. The number of carbonyl (C=O) groups is 1. The molecule has 1 rings (SSSR count). The molecule has 0 aliphatic carbocycles. The maximum absolute atomic E-state index is 12.7. The highest BCUT2D eigenvalue weighted by atomic mass is 16.5. The number of aliphatic imine (C=N–C) groups is 1. The van der Waals surface area contributed by atoms with Gasteiger partial charge in [0.2, 0.25) is 0 Å². The number of nitriles is 1. The Morgan fingerprint density at radius 3 is 2.72 bits per heavy atom. The third-order valence-electron chi connectivity index (χ3n) is 4.09. The van der Waals surface area contributed by atoms with Gasteiger partial charge in [0, 0.05) is 12.3 Å². The first-order valence-electron chi connectivity index (χ1n) is 9.72. The number of carbonyl (C=O) groups excluding carboxylic acids is 1. The Bertz CT molecular complexity index is 829. The molecule has 0 aliphatic rings. The first kappa shape index (κ1) is 23.9. The minimum Gasteiger partial charge on any atom is -0.481 e. The van der Waals surface area contributed by atoms with Gasteiger partial charge in [-0.3, -0.25) is 9.79 Å². The Balaban J connectivity index is 2.78. The first-order valence-corrected chi connectivity index (χ1v) is 9.72. The largest absolute Gasteiger partial charge is 0.481 e. The summed E-state index contributed by atoms with van der Waals surface area (Å²) in [5.74, 6) is 0.614. The summed E-state index contributed by atoms with van der Waals surface area (Å²) in [5, 5.41) is 12.0. The maximum Gasteiger partial charge on any atom is 0.261 e. The van der Waals surface area contributed by atoms with Crippen molar-refractivity contribution >= 4 is 17.7 Å². The Kier molecular flexibility index (Phi) is 10.2. The van der Waals surface area contributed by atoms with Gasteiger partial charge in [0.15, 0.2) is 6.10 Å². The number of benzene rings is 1. The zero-order valence-corrected chi connectivity index (χ0v) is 17.9. The van der Waals surface area contributed by atoms with Crippen molar-refractivity contribution in [2.24, 2.45) is 10.9 Å². The van der Waals surface area contributed by atoms with Crippen molar-refractivity contribution in [2.75, 3.05) is 13.1 Å². The third kappa shape index (κ3) is 8.61. The van der Waals surface area contributed by atoms with Crippen LogP contribution >= 0.6 is 0 Å². The van der Waals surface area contributed by atoms with Crippen LogP contribution in [0, 0.1) is 17.2 Å². The second kappa shape index (κ2) is 12.4. The molecule has 1 atom stereocenters. The van der Waals surface area contributed by atoms with Crippen molar-refractivity contribution in [3.8, 4) is 11.8 Å². The predicted molar refractivity (Wildman–Crippen MR) is 120 cm³/mol. The fraction of sp³-hybridized carbons (Fsp3) is 0.375. The highest BCUT2D eigenvalue weighted by Crippen LogP contribution is 2.21. The topological polar surface area (TPSA) is 74.5 Å². The van der Waals surface area contributed by atoms with Gasteiger partial charge in [0.1, 0.15) is 5.75 Å². The smallest absolute Gasteiger partial charge is 0.261 e. The van der Waals surface area contributed by atoms with Crippen LogP contribution in [0.2, 0.25) is 0 Å². The molecule has 0 radical (unpaired) electrons. The number of nitrogens with one attached hydrogen (secondary N) is 1. The van der Waals surface area contributed by atoms with Gasteiger partial charge in [-0.15, -0.1) is 0 Å². The highest BCUT2D eigenvalue weighted by molar-refractivity contribution is 5.92. The van der Waals surface area contributed by atoms with Crippen LogP contribution in [0.25, 0.3) is 6.08 Å². The molecule has 154 valence electrons. The SMILES string of the molecule is C=Cc1cc(OC(CC(C)C)C(=O)NCC(=C)CN=C(C)/C=C\C)ccc1C#N. The summed E-state index contributed by atoms with van der Waals surface area (Å²) in [6.45, 7) is 16.4. The van der Waals surface area contributed by atoms with E-state index in [0.29, 0.717) is 36.4 Å². The minimum atomic E-state index is -0.637. The number of hydrogen-bond acceptors (Lipinski definition) is 4. The number of amides is 1. The van der Waals surface area contributed by atoms with Crippen LogP contribution in [-0.4, -0.2) is 30.8 Å². The quantitative estimate of drug-likeness (QED) is 0.437. The Labute approximate surface area is 174 Å². The van der Waals surface area contributed by atoms with E-state index in [1.165, 1.54) is 0 Å². The molecule has 1 aromatic carbocycles.